The molecule has 1 atom stereocenters. The summed E-state index contributed by atoms with van der Waals surface area (Å²) >= 11 is 0. The highest BCUT2D eigenvalue weighted by Crippen LogP contribution is 2.09. The van der Waals surface area contributed by atoms with Gasteiger partial charge in [0.05, 0.1) is 6.04 Å². The number of hydrogen-bond donors (Lipinski definition) is 1. The molecule has 3 nitrogen and oxygen atoms in total. The van der Waals surface area contributed by atoms with Crippen molar-refractivity contribution in [1.82, 2.24) is 4.90 Å². The molecule has 0 aliphatic rings. The molecular weight excluding hydrogens is 236 g/mol. The molecule has 0 spiro atoms. The summed E-state index contributed by atoms with van der Waals surface area (Å²) in [5.41, 5.74) is 7.16. The van der Waals surface area contributed by atoms with Gasteiger partial charge >= 0.3 is 0 Å². The Morgan fingerprint density at radius 1 is 1.21 bits per heavy atom. The fourth-order valence-corrected chi connectivity index (χ4v) is 2.12. The molecule has 19 heavy (non-hydrogen) atoms. The van der Waals surface area contributed by atoms with Gasteiger partial charge in [-0.25, -0.2) is 0 Å². The molecular formula is C16H26N2O. The lowest BCUT2D eigenvalue weighted by molar-refractivity contribution is -0.133. The predicted molar refractivity (Wildman–Crippen MR) is 79.7 cm³/mol. The van der Waals surface area contributed by atoms with E-state index in [9.17, 15) is 4.79 Å². The van der Waals surface area contributed by atoms with E-state index in [1.54, 1.807) is 0 Å². The van der Waals surface area contributed by atoms with Crippen molar-refractivity contribution >= 4 is 5.91 Å². The Kier molecular flexibility index (Phi) is 7.19. The number of carbonyl (C=O) groups excluding carboxylic acids is 1. The molecule has 1 rings (SSSR count). The van der Waals surface area contributed by atoms with Crippen molar-refractivity contribution in [2.45, 2.75) is 52.1 Å². The van der Waals surface area contributed by atoms with Gasteiger partial charge in [-0.2, -0.15) is 0 Å². The summed E-state index contributed by atoms with van der Waals surface area (Å²) in [7, 11) is 0. The summed E-state index contributed by atoms with van der Waals surface area (Å²) in [4.78, 5) is 14.2. The van der Waals surface area contributed by atoms with Crippen LogP contribution < -0.4 is 5.73 Å². The SMILES string of the molecule is CCCC[C@H](N)C(=O)N(CCC)Cc1ccccc1. The number of nitrogens with zero attached hydrogens (tertiary/aromatic N) is 1. The first-order valence-corrected chi connectivity index (χ1v) is 7.27. The van der Waals surface area contributed by atoms with Gasteiger partial charge in [0.1, 0.15) is 0 Å². The van der Waals surface area contributed by atoms with Crippen molar-refractivity contribution in [3.63, 3.8) is 0 Å². The van der Waals surface area contributed by atoms with E-state index >= 15 is 0 Å². The number of carbonyl (C=O) groups is 1. The third-order valence-electron chi connectivity index (χ3n) is 3.21. The van der Waals surface area contributed by atoms with Crippen molar-refractivity contribution < 1.29 is 4.79 Å². The van der Waals surface area contributed by atoms with Crippen LogP contribution in [0.15, 0.2) is 30.3 Å². The maximum atomic E-state index is 12.3. The van der Waals surface area contributed by atoms with Gasteiger partial charge in [-0.05, 0) is 18.4 Å². The van der Waals surface area contributed by atoms with E-state index in [4.69, 9.17) is 5.73 Å². The number of benzene rings is 1. The molecule has 0 aromatic heterocycles. The first-order chi connectivity index (χ1) is 9.19. The van der Waals surface area contributed by atoms with Gasteiger partial charge in [0.2, 0.25) is 5.91 Å². The molecule has 0 aliphatic carbocycles. The first kappa shape index (κ1) is 15.7. The highest BCUT2D eigenvalue weighted by atomic mass is 16.2. The number of rotatable bonds is 8. The van der Waals surface area contributed by atoms with E-state index in [0.29, 0.717) is 6.54 Å². The first-order valence-electron chi connectivity index (χ1n) is 7.27. The molecule has 106 valence electrons. The lowest BCUT2D eigenvalue weighted by Gasteiger charge is -2.25. The average molecular weight is 262 g/mol. The maximum Gasteiger partial charge on any atom is 0.239 e. The van der Waals surface area contributed by atoms with Gasteiger partial charge in [0.25, 0.3) is 0 Å². The zero-order valence-electron chi connectivity index (χ0n) is 12.1. The Morgan fingerprint density at radius 2 is 1.89 bits per heavy atom. The summed E-state index contributed by atoms with van der Waals surface area (Å²) in [5.74, 6) is 0.0825. The second kappa shape index (κ2) is 8.70. The van der Waals surface area contributed by atoms with Crippen LogP contribution in [0.4, 0.5) is 0 Å². The second-order valence-electron chi connectivity index (χ2n) is 4.99. The van der Waals surface area contributed by atoms with Gasteiger partial charge in [-0.3, -0.25) is 4.79 Å². The van der Waals surface area contributed by atoms with Crippen molar-refractivity contribution in [2.24, 2.45) is 5.73 Å². The van der Waals surface area contributed by atoms with Crippen molar-refractivity contribution in [1.29, 1.82) is 0 Å². The van der Waals surface area contributed by atoms with Gasteiger partial charge in [-0.1, -0.05) is 57.0 Å². The van der Waals surface area contributed by atoms with E-state index in [1.807, 2.05) is 35.2 Å². The Bertz CT molecular complexity index is 364. The summed E-state index contributed by atoms with van der Waals surface area (Å²) < 4.78 is 0. The van der Waals surface area contributed by atoms with Crippen LogP contribution >= 0.6 is 0 Å². The van der Waals surface area contributed by atoms with E-state index < -0.39 is 0 Å². The lowest BCUT2D eigenvalue weighted by Crippen LogP contribution is -2.43. The minimum absolute atomic E-state index is 0.0825. The summed E-state index contributed by atoms with van der Waals surface area (Å²) in [6.07, 6.45) is 3.83. The quantitative estimate of drug-likeness (QED) is 0.783. The molecule has 1 amide bonds. The normalized spacial score (nSPS) is 12.2. The molecule has 1 aromatic carbocycles. The van der Waals surface area contributed by atoms with E-state index in [0.717, 1.165) is 37.8 Å². The Balaban J connectivity index is 2.63. The second-order valence-corrected chi connectivity index (χ2v) is 4.99. The highest BCUT2D eigenvalue weighted by Gasteiger charge is 2.19. The molecule has 0 fully saturated rings. The van der Waals surface area contributed by atoms with Crippen LogP contribution in [0.2, 0.25) is 0 Å². The summed E-state index contributed by atoms with van der Waals surface area (Å²) in [6, 6.07) is 9.74. The third kappa shape index (κ3) is 5.43. The molecule has 3 heteroatoms. The Hall–Kier alpha value is -1.35. The largest absolute Gasteiger partial charge is 0.337 e. The molecule has 0 heterocycles. The highest BCUT2D eigenvalue weighted by molar-refractivity contribution is 5.81. The molecule has 2 N–H and O–H groups in total. The molecule has 0 saturated heterocycles. The van der Waals surface area contributed by atoms with E-state index in [-0.39, 0.29) is 11.9 Å². The van der Waals surface area contributed by atoms with Crippen LogP contribution in [-0.2, 0) is 11.3 Å². The smallest absolute Gasteiger partial charge is 0.239 e. The van der Waals surface area contributed by atoms with Crippen molar-refractivity contribution in [3.8, 4) is 0 Å². The Morgan fingerprint density at radius 3 is 2.47 bits per heavy atom. The molecule has 0 bridgehead atoms. The summed E-state index contributed by atoms with van der Waals surface area (Å²) in [6.45, 7) is 5.63. The van der Waals surface area contributed by atoms with Gasteiger partial charge in [0.15, 0.2) is 0 Å². The Labute approximate surface area is 116 Å². The molecule has 0 aliphatic heterocycles. The van der Waals surface area contributed by atoms with Crippen molar-refractivity contribution in [3.05, 3.63) is 35.9 Å². The minimum Gasteiger partial charge on any atom is -0.337 e. The maximum absolute atomic E-state index is 12.3. The van der Waals surface area contributed by atoms with Crippen LogP contribution in [0.1, 0.15) is 45.1 Å². The van der Waals surface area contributed by atoms with Crippen LogP contribution in [0, 0.1) is 0 Å². The van der Waals surface area contributed by atoms with Gasteiger partial charge < -0.3 is 10.6 Å². The summed E-state index contributed by atoms with van der Waals surface area (Å²) in [5, 5.41) is 0. The van der Waals surface area contributed by atoms with Crippen LogP contribution in [0.25, 0.3) is 0 Å². The fourth-order valence-electron chi connectivity index (χ4n) is 2.12. The van der Waals surface area contributed by atoms with Crippen LogP contribution in [0.5, 0.6) is 0 Å². The molecule has 0 unspecified atom stereocenters. The van der Waals surface area contributed by atoms with Crippen LogP contribution in [-0.4, -0.2) is 23.4 Å². The monoisotopic (exact) mass is 262 g/mol. The number of amides is 1. The van der Waals surface area contributed by atoms with Crippen LogP contribution in [0.3, 0.4) is 0 Å². The zero-order chi connectivity index (χ0) is 14.1. The predicted octanol–water partition coefficient (Wildman–Crippen LogP) is 2.94. The molecule has 0 radical (unpaired) electrons. The topological polar surface area (TPSA) is 46.3 Å². The lowest BCUT2D eigenvalue weighted by atomic mass is 10.1. The molecule has 0 saturated carbocycles. The zero-order valence-corrected chi connectivity index (χ0v) is 12.1. The van der Waals surface area contributed by atoms with Crippen molar-refractivity contribution in [2.75, 3.05) is 6.54 Å². The number of unbranched alkanes of at least 4 members (excludes halogenated alkanes) is 1. The van der Waals surface area contributed by atoms with E-state index in [2.05, 4.69) is 13.8 Å². The minimum atomic E-state index is -0.352. The molecule has 1 aromatic rings. The van der Waals surface area contributed by atoms with Gasteiger partial charge in [-0.15, -0.1) is 0 Å². The van der Waals surface area contributed by atoms with Gasteiger partial charge in [0, 0.05) is 13.1 Å². The van der Waals surface area contributed by atoms with E-state index in [1.165, 1.54) is 0 Å². The standard InChI is InChI=1S/C16H26N2O/c1-3-5-11-15(17)16(19)18(12-4-2)13-14-9-7-6-8-10-14/h6-10,15H,3-5,11-13,17H2,1-2H3/t15-/m0/s1. The fraction of sp³-hybridized carbons (Fsp3) is 0.562. The average Bonchev–Trinajstić information content (AvgIpc) is 2.44. The number of nitrogens with two attached hydrogens (primary N) is 1. The third-order valence-corrected chi connectivity index (χ3v) is 3.21. The number of hydrogen-bond acceptors (Lipinski definition) is 2.